The van der Waals surface area contributed by atoms with Gasteiger partial charge in [0.2, 0.25) is 0 Å². The van der Waals surface area contributed by atoms with Crippen LogP contribution in [-0.4, -0.2) is 18.1 Å². The smallest absolute Gasteiger partial charge is 0.136 e. The van der Waals surface area contributed by atoms with E-state index in [9.17, 15) is 0 Å². The molecule has 1 aromatic heterocycles. The van der Waals surface area contributed by atoms with Gasteiger partial charge in [-0.15, -0.1) is 0 Å². The third-order valence-corrected chi connectivity index (χ3v) is 3.01. The first-order chi connectivity index (χ1) is 6.67. The molecule has 0 spiro atoms. The average molecular weight is 189 g/mol. The Balaban J connectivity index is 2.03. The highest BCUT2D eigenvalue weighted by molar-refractivity contribution is 5.36. The molecule has 1 aromatic rings. The molecule has 0 N–H and O–H groups in total. The summed E-state index contributed by atoms with van der Waals surface area (Å²) in [5.41, 5.74) is 0.505. The molecule has 0 saturated carbocycles. The molecule has 0 bridgehead atoms. The first-order valence-electron chi connectivity index (χ1n) is 5.25. The Morgan fingerprint density at radius 3 is 2.64 bits per heavy atom. The van der Waals surface area contributed by atoms with Crippen molar-refractivity contribution in [3.05, 3.63) is 24.4 Å². The number of piperidine rings is 1. The van der Waals surface area contributed by atoms with Crippen molar-refractivity contribution in [2.45, 2.75) is 26.7 Å². The highest BCUT2D eigenvalue weighted by atomic mass is 15.2. The van der Waals surface area contributed by atoms with Gasteiger partial charge in [0.05, 0.1) is 0 Å². The fraction of sp³-hybridized carbons (Fsp3) is 0.583. The molecule has 1 aliphatic heterocycles. The summed E-state index contributed by atoms with van der Waals surface area (Å²) in [7, 11) is 0. The lowest BCUT2D eigenvalue weighted by molar-refractivity contribution is 0.279. The van der Waals surface area contributed by atoms with Crippen molar-refractivity contribution in [2.24, 2.45) is 5.41 Å². The normalized spacial score (nSPS) is 20.9. The second kappa shape index (κ2) is 3.60. The molecule has 0 atom stereocenters. The number of rotatable bonds is 1. The summed E-state index contributed by atoms with van der Waals surface area (Å²) in [6, 6.07) is 7.03. The van der Waals surface area contributed by atoms with Crippen molar-refractivity contribution in [3.8, 4) is 0 Å². The number of hydrogen-bond acceptors (Lipinski definition) is 2. The van der Waals surface area contributed by atoms with Crippen LogP contribution in [0.3, 0.4) is 0 Å². The SMILES string of the molecule is CC1(C)CCN(c2[c]cccn2)CC1. The Bertz CT molecular complexity index is 282. The van der Waals surface area contributed by atoms with Crippen molar-refractivity contribution in [1.82, 2.24) is 4.98 Å². The first-order valence-corrected chi connectivity index (χ1v) is 5.25. The minimum atomic E-state index is 0.505. The minimum absolute atomic E-state index is 0.505. The Hall–Kier alpha value is -1.05. The third kappa shape index (κ3) is 2.06. The van der Waals surface area contributed by atoms with Gasteiger partial charge in [-0.25, -0.2) is 4.98 Å². The van der Waals surface area contributed by atoms with Gasteiger partial charge in [0.25, 0.3) is 0 Å². The molecular weight excluding hydrogens is 172 g/mol. The number of aromatic nitrogens is 1. The summed E-state index contributed by atoms with van der Waals surface area (Å²) in [4.78, 5) is 6.65. The molecule has 0 amide bonds. The van der Waals surface area contributed by atoms with E-state index in [1.54, 1.807) is 0 Å². The number of hydrogen-bond donors (Lipinski definition) is 0. The molecule has 0 unspecified atom stereocenters. The molecular formula is C12H17N2. The molecule has 2 heterocycles. The van der Waals surface area contributed by atoms with Crippen molar-refractivity contribution in [1.29, 1.82) is 0 Å². The molecule has 14 heavy (non-hydrogen) atoms. The van der Waals surface area contributed by atoms with E-state index in [2.05, 4.69) is 29.8 Å². The number of nitrogens with zero attached hydrogens (tertiary/aromatic N) is 2. The van der Waals surface area contributed by atoms with Crippen LogP contribution in [0.15, 0.2) is 18.3 Å². The van der Waals surface area contributed by atoms with E-state index in [1.165, 1.54) is 12.8 Å². The molecule has 1 radical (unpaired) electrons. The predicted molar refractivity (Wildman–Crippen MR) is 58.3 cm³/mol. The maximum absolute atomic E-state index is 4.32. The van der Waals surface area contributed by atoms with Gasteiger partial charge in [-0.3, -0.25) is 0 Å². The third-order valence-electron chi connectivity index (χ3n) is 3.01. The van der Waals surface area contributed by atoms with Gasteiger partial charge < -0.3 is 4.90 Å². The van der Waals surface area contributed by atoms with Gasteiger partial charge in [0.1, 0.15) is 5.82 Å². The van der Waals surface area contributed by atoms with Crippen LogP contribution < -0.4 is 4.90 Å². The van der Waals surface area contributed by atoms with Gasteiger partial charge in [-0.1, -0.05) is 13.8 Å². The molecule has 1 aliphatic rings. The van der Waals surface area contributed by atoms with Crippen LogP contribution in [0.4, 0.5) is 5.82 Å². The zero-order valence-corrected chi connectivity index (χ0v) is 8.95. The second-order valence-corrected chi connectivity index (χ2v) is 4.76. The van der Waals surface area contributed by atoms with Crippen molar-refractivity contribution in [3.63, 3.8) is 0 Å². The predicted octanol–water partition coefficient (Wildman–Crippen LogP) is 2.51. The second-order valence-electron chi connectivity index (χ2n) is 4.76. The highest BCUT2D eigenvalue weighted by Crippen LogP contribution is 2.31. The van der Waals surface area contributed by atoms with Gasteiger partial charge in [0, 0.05) is 25.4 Å². The Labute approximate surface area is 86.0 Å². The van der Waals surface area contributed by atoms with Crippen LogP contribution in [0.25, 0.3) is 0 Å². The van der Waals surface area contributed by atoms with Crippen molar-refractivity contribution in [2.75, 3.05) is 18.0 Å². The molecule has 75 valence electrons. The van der Waals surface area contributed by atoms with Crippen molar-refractivity contribution >= 4 is 5.82 Å². The van der Waals surface area contributed by atoms with Gasteiger partial charge in [0.15, 0.2) is 0 Å². The summed E-state index contributed by atoms with van der Waals surface area (Å²) < 4.78 is 0. The van der Waals surface area contributed by atoms with Gasteiger partial charge >= 0.3 is 0 Å². The Kier molecular flexibility index (Phi) is 2.44. The summed E-state index contributed by atoms with van der Waals surface area (Å²) in [5, 5.41) is 0. The lowest BCUT2D eigenvalue weighted by Crippen LogP contribution is -2.37. The van der Waals surface area contributed by atoms with Crippen LogP contribution in [0.2, 0.25) is 0 Å². The molecule has 1 saturated heterocycles. The molecule has 1 fully saturated rings. The molecule has 0 aliphatic carbocycles. The van der Waals surface area contributed by atoms with Gasteiger partial charge in [-0.05, 0) is 30.4 Å². The number of pyridine rings is 1. The minimum Gasteiger partial charge on any atom is -0.356 e. The maximum atomic E-state index is 4.32. The summed E-state index contributed by atoms with van der Waals surface area (Å²) in [5.74, 6) is 1.00. The van der Waals surface area contributed by atoms with Crippen LogP contribution in [-0.2, 0) is 0 Å². The summed E-state index contributed by atoms with van der Waals surface area (Å²) in [6.07, 6.45) is 4.33. The van der Waals surface area contributed by atoms with Crippen LogP contribution in [0.5, 0.6) is 0 Å². The molecule has 0 aromatic carbocycles. The van der Waals surface area contributed by atoms with Crippen LogP contribution >= 0.6 is 0 Å². The van der Waals surface area contributed by atoms with E-state index in [4.69, 9.17) is 0 Å². The van der Waals surface area contributed by atoms with E-state index in [0.29, 0.717) is 5.41 Å². The molecule has 2 rings (SSSR count). The van der Waals surface area contributed by atoms with E-state index in [1.807, 2.05) is 18.3 Å². The Morgan fingerprint density at radius 1 is 1.36 bits per heavy atom. The molecule has 2 heteroatoms. The summed E-state index contributed by atoms with van der Waals surface area (Å²) in [6.45, 7) is 6.90. The Morgan fingerprint density at radius 2 is 2.07 bits per heavy atom. The molecule has 2 nitrogen and oxygen atoms in total. The standard InChI is InChI=1S/C12H17N2/c1-12(2)6-9-14(10-7-12)11-5-3-4-8-13-11/h3-4,8H,6-7,9-10H2,1-2H3. The fourth-order valence-electron chi connectivity index (χ4n) is 1.81. The van der Waals surface area contributed by atoms with E-state index < -0.39 is 0 Å². The maximum Gasteiger partial charge on any atom is 0.136 e. The number of anilines is 1. The highest BCUT2D eigenvalue weighted by Gasteiger charge is 2.25. The van der Waals surface area contributed by atoms with Crippen molar-refractivity contribution < 1.29 is 0 Å². The quantitative estimate of drug-likeness (QED) is 0.674. The largest absolute Gasteiger partial charge is 0.356 e. The zero-order chi connectivity index (χ0) is 10.0. The van der Waals surface area contributed by atoms with Crippen LogP contribution in [0.1, 0.15) is 26.7 Å². The topological polar surface area (TPSA) is 16.1 Å². The fourth-order valence-corrected chi connectivity index (χ4v) is 1.81. The zero-order valence-electron chi connectivity index (χ0n) is 8.95. The van der Waals surface area contributed by atoms with E-state index >= 15 is 0 Å². The van der Waals surface area contributed by atoms with Crippen LogP contribution in [0, 0.1) is 11.5 Å². The summed E-state index contributed by atoms with van der Waals surface area (Å²) >= 11 is 0. The van der Waals surface area contributed by atoms with E-state index in [0.717, 1.165) is 18.9 Å². The van der Waals surface area contributed by atoms with E-state index in [-0.39, 0.29) is 0 Å². The van der Waals surface area contributed by atoms with Gasteiger partial charge in [-0.2, -0.15) is 0 Å². The lowest BCUT2D eigenvalue weighted by Gasteiger charge is -2.37. The monoisotopic (exact) mass is 189 g/mol. The lowest BCUT2D eigenvalue weighted by atomic mass is 9.83. The first kappa shape index (κ1) is 9.50. The average Bonchev–Trinajstić information content (AvgIpc) is 2.19.